The van der Waals surface area contributed by atoms with Crippen molar-refractivity contribution in [1.29, 1.82) is 0 Å². The first-order valence-corrected chi connectivity index (χ1v) is 16.2. The van der Waals surface area contributed by atoms with Gasteiger partial charge in [0, 0.05) is 37.1 Å². The third-order valence-electron chi connectivity index (χ3n) is 12.5. The number of rotatable bonds is 6. The maximum atomic E-state index is 16.1. The van der Waals surface area contributed by atoms with Gasteiger partial charge in [0.2, 0.25) is 5.91 Å². The Balaban J connectivity index is 1.06. The van der Waals surface area contributed by atoms with E-state index in [9.17, 15) is 18.0 Å². The van der Waals surface area contributed by atoms with Crippen molar-refractivity contribution in [2.75, 3.05) is 40.0 Å². The molecule has 2 aliphatic carbocycles. The Hall–Kier alpha value is -1.01. The molecule has 2 bridgehead atoms. The van der Waals surface area contributed by atoms with E-state index in [1.165, 1.54) is 6.42 Å². The molecule has 0 radical (unpaired) electrons. The van der Waals surface area contributed by atoms with Gasteiger partial charge in [0.15, 0.2) is 0 Å². The molecule has 7 rings (SSSR count). The third kappa shape index (κ3) is 4.93. The first kappa shape index (κ1) is 28.7. The molecule has 7 fully saturated rings. The number of nitrogens with one attached hydrogen (secondary N) is 2. The zero-order valence-electron chi connectivity index (χ0n) is 24.3. The maximum absolute atomic E-state index is 16.1. The Bertz CT molecular complexity index is 965. The Morgan fingerprint density at radius 2 is 1.71 bits per heavy atom. The summed E-state index contributed by atoms with van der Waals surface area (Å²) >= 11 is 0. The van der Waals surface area contributed by atoms with Crippen molar-refractivity contribution in [2.45, 2.75) is 107 Å². The lowest BCUT2D eigenvalue weighted by Gasteiger charge is -2.53. The number of carbonyl (C=O) groups is 1. The zero-order valence-corrected chi connectivity index (χ0v) is 24.3. The molecule has 2 N–H and O–H groups in total. The molecule has 7 nitrogen and oxygen atoms in total. The van der Waals surface area contributed by atoms with E-state index in [4.69, 9.17) is 4.74 Å². The fourth-order valence-electron chi connectivity index (χ4n) is 10.2. The predicted octanol–water partition coefficient (Wildman–Crippen LogP) is 3.90. The van der Waals surface area contributed by atoms with Gasteiger partial charge in [0.05, 0.1) is 31.2 Å². The van der Waals surface area contributed by atoms with E-state index in [-0.39, 0.29) is 36.8 Å². The molecule has 41 heavy (non-hydrogen) atoms. The number of carbonyl (C=O) groups excluding carboxylic acids is 1. The van der Waals surface area contributed by atoms with Gasteiger partial charge >= 0.3 is 6.18 Å². The lowest BCUT2D eigenvalue weighted by Crippen LogP contribution is -2.63. The number of piperidine rings is 1. The van der Waals surface area contributed by atoms with Crippen LogP contribution in [-0.4, -0.2) is 97.3 Å². The second-order valence-corrected chi connectivity index (χ2v) is 14.6. The van der Waals surface area contributed by atoms with Crippen LogP contribution >= 0.6 is 0 Å². The Morgan fingerprint density at radius 1 is 1.00 bits per heavy atom. The molecule has 5 saturated heterocycles. The number of fused-ring (bicyclic) bond motifs is 3. The van der Waals surface area contributed by atoms with Gasteiger partial charge in [-0.15, -0.1) is 0 Å². The quantitative estimate of drug-likeness (QED) is 0.462. The number of hydrogen-bond donors (Lipinski definition) is 2. The molecule has 11 heteroatoms. The summed E-state index contributed by atoms with van der Waals surface area (Å²) in [4.78, 5) is 20.2. The van der Waals surface area contributed by atoms with Crippen LogP contribution in [0.3, 0.4) is 0 Å². The fourth-order valence-corrected chi connectivity index (χ4v) is 10.2. The normalized spacial score (nSPS) is 44.2. The van der Waals surface area contributed by atoms with E-state index in [1.807, 2.05) is 16.8 Å². The minimum atomic E-state index is -4.29. The highest BCUT2D eigenvalue weighted by atomic mass is 19.4. The van der Waals surface area contributed by atoms with E-state index in [1.54, 1.807) is 0 Å². The van der Waals surface area contributed by atoms with Gasteiger partial charge in [0.25, 0.3) is 0 Å². The second kappa shape index (κ2) is 10.9. The van der Waals surface area contributed by atoms with Gasteiger partial charge in [-0.3, -0.25) is 14.6 Å². The van der Waals surface area contributed by atoms with Crippen LogP contribution in [0.5, 0.6) is 0 Å². The largest absolute Gasteiger partial charge is 0.392 e. The monoisotopic (exact) mass is 585 g/mol. The third-order valence-corrected chi connectivity index (χ3v) is 12.5. The van der Waals surface area contributed by atoms with Gasteiger partial charge in [-0.1, -0.05) is 12.8 Å². The van der Waals surface area contributed by atoms with E-state index in [0.717, 1.165) is 44.9 Å². The van der Waals surface area contributed by atoms with Crippen LogP contribution in [0.1, 0.15) is 70.6 Å². The van der Waals surface area contributed by atoms with E-state index >= 15 is 4.39 Å². The molecule has 5 heterocycles. The van der Waals surface area contributed by atoms with Crippen LogP contribution in [0.4, 0.5) is 17.6 Å². The van der Waals surface area contributed by atoms with Crippen molar-refractivity contribution in [3.05, 3.63) is 0 Å². The molecular formula is C30H47F4N5O2. The van der Waals surface area contributed by atoms with Crippen molar-refractivity contribution in [3.8, 4) is 0 Å². The summed E-state index contributed by atoms with van der Waals surface area (Å²) in [5.74, 6) is -2.73. The highest BCUT2D eigenvalue weighted by molar-refractivity contribution is 5.82. The molecule has 0 aromatic rings. The van der Waals surface area contributed by atoms with Crippen LogP contribution in [0.25, 0.3) is 0 Å². The van der Waals surface area contributed by atoms with Gasteiger partial charge in [-0.25, -0.2) is 15.2 Å². The lowest BCUT2D eigenvalue weighted by atomic mass is 9.63. The van der Waals surface area contributed by atoms with Crippen LogP contribution in [0.2, 0.25) is 0 Å². The molecule has 0 aromatic heterocycles. The number of hydrazine groups is 1. The number of hydrogen-bond acceptors (Lipinski definition) is 6. The maximum Gasteiger partial charge on any atom is 0.392 e. The summed E-state index contributed by atoms with van der Waals surface area (Å²) in [5, 5.41) is 0. The van der Waals surface area contributed by atoms with Crippen LogP contribution < -0.4 is 10.9 Å². The molecule has 232 valence electrons. The second-order valence-electron chi connectivity index (χ2n) is 14.6. The highest BCUT2D eigenvalue weighted by Gasteiger charge is 2.60. The van der Waals surface area contributed by atoms with Crippen molar-refractivity contribution in [1.82, 2.24) is 25.6 Å². The lowest BCUT2D eigenvalue weighted by molar-refractivity contribution is -0.206. The molecule has 0 aromatic carbocycles. The van der Waals surface area contributed by atoms with Crippen molar-refractivity contribution in [2.24, 2.45) is 35.0 Å². The minimum Gasteiger partial charge on any atom is -0.380 e. The van der Waals surface area contributed by atoms with Crippen LogP contribution in [0, 0.1) is 35.0 Å². The summed E-state index contributed by atoms with van der Waals surface area (Å²) in [7, 11) is 1.88. The number of halogens is 4. The van der Waals surface area contributed by atoms with Gasteiger partial charge in [0.1, 0.15) is 12.3 Å². The first-order valence-electron chi connectivity index (χ1n) is 16.2. The summed E-state index contributed by atoms with van der Waals surface area (Å²) in [6.45, 7) is 2.18. The highest BCUT2D eigenvalue weighted by Crippen LogP contribution is 2.54. The average molecular weight is 586 g/mol. The summed E-state index contributed by atoms with van der Waals surface area (Å²) in [6.07, 6.45) is 3.87. The standard InChI is InChI=1S/C30H47F4N5O2/c1-37-17-35-36-27(37)26(31)29(15-41-16-29)19-4-2-7-22(12-19)39-14-24-23(28(39)40)10-18(11-25(24)30(32,33)34)13-38-20-5-3-6-21(38)9-8-20/h18-27,35-36H,2-17H2,1H3/t18?,19?,20?,21?,22?,23?,24?,25?,26-,27?/m0/s1. The smallest absolute Gasteiger partial charge is 0.380 e. The Kier molecular flexibility index (Phi) is 7.61. The van der Waals surface area contributed by atoms with E-state index < -0.39 is 41.7 Å². The molecule has 1 amide bonds. The molecule has 2 saturated carbocycles. The summed E-state index contributed by atoms with van der Waals surface area (Å²) in [6, 6.07) is 0.917. The molecule has 7 aliphatic rings. The molecule has 0 spiro atoms. The Morgan fingerprint density at radius 3 is 2.34 bits per heavy atom. The Labute approximate surface area is 241 Å². The topological polar surface area (TPSA) is 60.1 Å². The first-order chi connectivity index (χ1) is 19.7. The van der Waals surface area contributed by atoms with Crippen LogP contribution in [0.15, 0.2) is 0 Å². The fraction of sp³-hybridized carbons (Fsp3) is 0.967. The van der Waals surface area contributed by atoms with Crippen LogP contribution in [-0.2, 0) is 9.53 Å². The van der Waals surface area contributed by atoms with E-state index in [2.05, 4.69) is 15.8 Å². The minimum absolute atomic E-state index is 0.0389. The molecule has 10 atom stereocenters. The van der Waals surface area contributed by atoms with Gasteiger partial charge in [-0.05, 0) is 82.6 Å². The molecular weight excluding hydrogens is 538 g/mol. The zero-order chi connectivity index (χ0) is 28.5. The number of alkyl halides is 4. The average Bonchev–Trinajstić information content (AvgIpc) is 3.54. The SMILES string of the molecule is CN1CNNC1[C@H](F)C1(C2CCCC(N3CC4C(CC(CN5C6CCCC5CC6)CC4C(F)(F)F)C3=O)C2)COC1. The van der Waals surface area contributed by atoms with Crippen molar-refractivity contribution < 1.29 is 27.1 Å². The predicted molar refractivity (Wildman–Crippen MR) is 145 cm³/mol. The number of ether oxygens (including phenoxy) is 1. The number of likely N-dealkylation sites (tertiary alicyclic amines) is 1. The van der Waals surface area contributed by atoms with Crippen molar-refractivity contribution in [3.63, 3.8) is 0 Å². The van der Waals surface area contributed by atoms with Gasteiger partial charge < -0.3 is 9.64 Å². The van der Waals surface area contributed by atoms with E-state index in [0.29, 0.717) is 51.4 Å². The summed E-state index contributed by atoms with van der Waals surface area (Å²) < 4.78 is 65.3. The van der Waals surface area contributed by atoms with Gasteiger partial charge in [-0.2, -0.15) is 13.2 Å². The molecule has 9 unspecified atom stereocenters. The summed E-state index contributed by atoms with van der Waals surface area (Å²) in [5.41, 5.74) is 5.45. The molecule has 5 aliphatic heterocycles. The number of nitrogens with zero attached hydrogens (tertiary/aromatic N) is 3. The van der Waals surface area contributed by atoms with Crippen molar-refractivity contribution >= 4 is 5.91 Å². The number of amides is 1.